The standard InChI is InChI=1S/C16H22N4O/c1-11(15-18-12(2)19-20-15)17-10-16(3)14-7-5-4-6-13(14)8-9-21-16/h4-7,11,17H,8-10H2,1-3H3,(H,18,19,20). The van der Waals surface area contributed by atoms with Crippen LogP contribution in [0.2, 0.25) is 0 Å². The van der Waals surface area contributed by atoms with Crippen molar-refractivity contribution in [3.8, 4) is 0 Å². The zero-order valence-corrected chi connectivity index (χ0v) is 12.8. The molecule has 0 aliphatic carbocycles. The maximum Gasteiger partial charge on any atom is 0.167 e. The van der Waals surface area contributed by atoms with Crippen LogP contribution < -0.4 is 5.32 Å². The first-order valence-electron chi connectivity index (χ1n) is 7.43. The summed E-state index contributed by atoms with van der Waals surface area (Å²) in [6.07, 6.45) is 0.988. The van der Waals surface area contributed by atoms with Gasteiger partial charge in [-0.1, -0.05) is 24.3 Å². The van der Waals surface area contributed by atoms with Gasteiger partial charge in [-0.2, -0.15) is 5.10 Å². The van der Waals surface area contributed by atoms with E-state index in [4.69, 9.17) is 4.74 Å². The van der Waals surface area contributed by atoms with E-state index in [-0.39, 0.29) is 11.6 Å². The first kappa shape index (κ1) is 14.2. The van der Waals surface area contributed by atoms with Crippen LogP contribution in [0.25, 0.3) is 0 Å². The number of benzene rings is 1. The molecular formula is C16H22N4O. The van der Waals surface area contributed by atoms with Gasteiger partial charge >= 0.3 is 0 Å². The minimum atomic E-state index is -0.297. The predicted molar refractivity (Wildman–Crippen MR) is 81.0 cm³/mol. The third-order valence-corrected chi connectivity index (χ3v) is 4.13. The van der Waals surface area contributed by atoms with Gasteiger partial charge in [-0.3, -0.25) is 5.10 Å². The van der Waals surface area contributed by atoms with Crippen LogP contribution in [0.15, 0.2) is 24.3 Å². The van der Waals surface area contributed by atoms with E-state index in [0.29, 0.717) is 0 Å². The highest BCUT2D eigenvalue weighted by Crippen LogP contribution is 2.32. The first-order valence-corrected chi connectivity index (χ1v) is 7.43. The van der Waals surface area contributed by atoms with Crippen molar-refractivity contribution in [2.45, 2.75) is 38.8 Å². The molecule has 0 amide bonds. The van der Waals surface area contributed by atoms with E-state index in [2.05, 4.69) is 58.6 Å². The molecule has 5 heteroatoms. The molecule has 1 aromatic carbocycles. The van der Waals surface area contributed by atoms with Crippen LogP contribution >= 0.6 is 0 Å². The monoisotopic (exact) mass is 286 g/mol. The lowest BCUT2D eigenvalue weighted by Crippen LogP contribution is -2.42. The Kier molecular flexibility index (Phi) is 3.78. The summed E-state index contributed by atoms with van der Waals surface area (Å²) in [4.78, 5) is 4.37. The van der Waals surface area contributed by atoms with Crippen LogP contribution in [0.5, 0.6) is 0 Å². The van der Waals surface area contributed by atoms with E-state index in [9.17, 15) is 0 Å². The molecule has 1 aliphatic rings. The van der Waals surface area contributed by atoms with Crippen LogP contribution in [-0.2, 0) is 16.8 Å². The third kappa shape index (κ3) is 2.84. The normalized spacial score (nSPS) is 22.8. The highest BCUT2D eigenvalue weighted by atomic mass is 16.5. The number of nitrogens with zero attached hydrogens (tertiary/aromatic N) is 2. The number of hydrogen-bond acceptors (Lipinski definition) is 4. The van der Waals surface area contributed by atoms with Crippen LogP contribution in [-0.4, -0.2) is 28.3 Å². The lowest BCUT2D eigenvalue weighted by molar-refractivity contribution is -0.0462. The Morgan fingerprint density at radius 1 is 1.43 bits per heavy atom. The van der Waals surface area contributed by atoms with Gasteiger partial charge in [0.05, 0.1) is 12.6 Å². The number of aromatic amines is 1. The van der Waals surface area contributed by atoms with E-state index < -0.39 is 0 Å². The van der Waals surface area contributed by atoms with Crippen molar-refractivity contribution in [3.63, 3.8) is 0 Å². The molecule has 0 spiro atoms. The SMILES string of the molecule is Cc1nc(C(C)NCC2(C)OCCc3ccccc32)n[nH]1. The maximum absolute atomic E-state index is 6.07. The molecular weight excluding hydrogens is 264 g/mol. The molecule has 0 saturated heterocycles. The topological polar surface area (TPSA) is 62.8 Å². The van der Waals surface area contributed by atoms with E-state index in [0.717, 1.165) is 31.2 Å². The number of rotatable bonds is 4. The average molecular weight is 286 g/mol. The summed E-state index contributed by atoms with van der Waals surface area (Å²) >= 11 is 0. The summed E-state index contributed by atoms with van der Waals surface area (Å²) in [6, 6.07) is 8.62. The molecule has 0 bridgehead atoms. The van der Waals surface area contributed by atoms with E-state index in [1.54, 1.807) is 0 Å². The number of ether oxygens (including phenoxy) is 1. The average Bonchev–Trinajstić information content (AvgIpc) is 2.92. The number of nitrogens with one attached hydrogen (secondary N) is 2. The van der Waals surface area contributed by atoms with Crippen molar-refractivity contribution in [1.82, 2.24) is 20.5 Å². The van der Waals surface area contributed by atoms with Gasteiger partial charge in [0.2, 0.25) is 0 Å². The molecule has 2 aromatic rings. The van der Waals surface area contributed by atoms with Gasteiger partial charge < -0.3 is 10.1 Å². The number of fused-ring (bicyclic) bond motifs is 1. The zero-order valence-electron chi connectivity index (χ0n) is 12.8. The van der Waals surface area contributed by atoms with Gasteiger partial charge in [0.25, 0.3) is 0 Å². The van der Waals surface area contributed by atoms with Gasteiger partial charge in [-0.25, -0.2) is 4.98 Å². The van der Waals surface area contributed by atoms with E-state index in [1.807, 2.05) is 6.92 Å². The Labute approximate surface area is 125 Å². The maximum atomic E-state index is 6.07. The Hall–Kier alpha value is -1.72. The zero-order chi connectivity index (χ0) is 14.9. The smallest absolute Gasteiger partial charge is 0.167 e. The molecule has 112 valence electrons. The molecule has 3 rings (SSSR count). The summed E-state index contributed by atoms with van der Waals surface area (Å²) < 4.78 is 6.07. The molecule has 21 heavy (non-hydrogen) atoms. The second-order valence-electron chi connectivity index (χ2n) is 5.87. The van der Waals surface area contributed by atoms with Crippen LogP contribution in [0.1, 0.15) is 42.7 Å². The van der Waals surface area contributed by atoms with Crippen LogP contribution in [0.3, 0.4) is 0 Å². The van der Waals surface area contributed by atoms with Crippen LogP contribution in [0, 0.1) is 6.92 Å². The first-order chi connectivity index (χ1) is 10.1. The Morgan fingerprint density at radius 2 is 2.24 bits per heavy atom. The number of aromatic nitrogens is 3. The molecule has 2 heterocycles. The fourth-order valence-corrected chi connectivity index (χ4v) is 2.86. The van der Waals surface area contributed by atoms with Crippen molar-refractivity contribution < 1.29 is 4.74 Å². The molecule has 2 atom stereocenters. The summed E-state index contributed by atoms with van der Waals surface area (Å²) in [5.74, 6) is 1.63. The molecule has 0 fully saturated rings. The van der Waals surface area contributed by atoms with E-state index in [1.165, 1.54) is 11.1 Å². The van der Waals surface area contributed by atoms with Crippen molar-refractivity contribution in [2.24, 2.45) is 0 Å². The van der Waals surface area contributed by atoms with Gasteiger partial charge in [0.15, 0.2) is 5.82 Å². The van der Waals surface area contributed by atoms with Gasteiger partial charge in [-0.05, 0) is 38.3 Å². The summed E-state index contributed by atoms with van der Waals surface area (Å²) in [6.45, 7) is 7.63. The Bertz CT molecular complexity index is 624. The summed E-state index contributed by atoms with van der Waals surface area (Å²) in [5, 5.41) is 10.6. The number of hydrogen-bond donors (Lipinski definition) is 2. The summed E-state index contributed by atoms with van der Waals surface area (Å²) in [5.41, 5.74) is 2.37. The molecule has 1 aliphatic heterocycles. The number of aryl methyl sites for hydroxylation is 1. The van der Waals surface area contributed by atoms with Crippen molar-refractivity contribution in [1.29, 1.82) is 0 Å². The molecule has 5 nitrogen and oxygen atoms in total. The second kappa shape index (κ2) is 5.58. The Balaban J connectivity index is 1.73. The summed E-state index contributed by atoms with van der Waals surface area (Å²) in [7, 11) is 0. The third-order valence-electron chi connectivity index (χ3n) is 4.13. The van der Waals surface area contributed by atoms with Gasteiger partial charge in [-0.15, -0.1) is 0 Å². The molecule has 1 aromatic heterocycles. The predicted octanol–water partition coefficient (Wildman–Crippen LogP) is 2.25. The molecule has 2 unspecified atom stereocenters. The van der Waals surface area contributed by atoms with Crippen molar-refractivity contribution >= 4 is 0 Å². The molecule has 0 radical (unpaired) electrons. The van der Waals surface area contributed by atoms with Gasteiger partial charge in [0.1, 0.15) is 11.4 Å². The lowest BCUT2D eigenvalue weighted by Gasteiger charge is -2.37. The second-order valence-corrected chi connectivity index (χ2v) is 5.87. The fraction of sp³-hybridized carbons (Fsp3) is 0.500. The minimum absolute atomic E-state index is 0.0875. The fourth-order valence-electron chi connectivity index (χ4n) is 2.86. The van der Waals surface area contributed by atoms with E-state index >= 15 is 0 Å². The minimum Gasteiger partial charge on any atom is -0.369 e. The van der Waals surface area contributed by atoms with Crippen LogP contribution in [0.4, 0.5) is 0 Å². The highest BCUT2D eigenvalue weighted by Gasteiger charge is 2.33. The van der Waals surface area contributed by atoms with Crippen molar-refractivity contribution in [3.05, 3.63) is 47.0 Å². The lowest BCUT2D eigenvalue weighted by atomic mass is 9.87. The quantitative estimate of drug-likeness (QED) is 0.905. The Morgan fingerprint density at radius 3 is 3.00 bits per heavy atom. The van der Waals surface area contributed by atoms with Crippen molar-refractivity contribution in [2.75, 3.05) is 13.2 Å². The molecule has 0 saturated carbocycles. The largest absolute Gasteiger partial charge is 0.369 e. The highest BCUT2D eigenvalue weighted by molar-refractivity contribution is 5.34. The van der Waals surface area contributed by atoms with Gasteiger partial charge in [0, 0.05) is 6.54 Å². The number of H-pyrrole nitrogens is 1. The molecule has 2 N–H and O–H groups in total.